The van der Waals surface area contributed by atoms with E-state index in [2.05, 4.69) is 5.32 Å². The van der Waals surface area contributed by atoms with Crippen molar-refractivity contribution in [2.45, 2.75) is 11.0 Å². The van der Waals surface area contributed by atoms with Crippen LogP contribution in [0.2, 0.25) is 5.02 Å². The average molecular weight is 489 g/mol. The second-order valence-corrected chi connectivity index (χ2v) is 9.42. The van der Waals surface area contributed by atoms with Gasteiger partial charge in [0, 0.05) is 5.02 Å². The summed E-state index contributed by atoms with van der Waals surface area (Å²) in [7, 11) is -1.02. The Kier molecular flexibility index (Phi) is 6.35. The Labute approximate surface area is 196 Å². The Bertz CT molecular complexity index is 1280. The summed E-state index contributed by atoms with van der Waals surface area (Å²) in [5.74, 6) is 0.676. The number of rotatable bonds is 6. The molecule has 3 aromatic carbocycles. The lowest BCUT2D eigenvalue weighted by Crippen LogP contribution is -2.48. The summed E-state index contributed by atoms with van der Waals surface area (Å²) in [6, 6.07) is 17.5. The van der Waals surface area contributed by atoms with Crippen molar-refractivity contribution in [1.29, 1.82) is 0 Å². The lowest BCUT2D eigenvalue weighted by atomic mass is 10.2. The molecule has 0 aliphatic carbocycles. The molecule has 8 nitrogen and oxygen atoms in total. The molecule has 0 spiro atoms. The molecule has 1 heterocycles. The van der Waals surface area contributed by atoms with Gasteiger partial charge in [-0.05, 0) is 54.6 Å². The fourth-order valence-corrected chi connectivity index (χ4v) is 5.08. The van der Waals surface area contributed by atoms with E-state index in [1.165, 1.54) is 30.7 Å². The van der Waals surface area contributed by atoms with Crippen LogP contribution < -0.4 is 23.8 Å². The minimum Gasteiger partial charge on any atom is -0.497 e. The molecule has 1 atom stereocenters. The van der Waals surface area contributed by atoms with Crippen molar-refractivity contribution in [2.75, 3.05) is 30.4 Å². The first-order chi connectivity index (χ1) is 15.8. The smallest absolute Gasteiger partial charge is 0.267 e. The molecular formula is C23H21ClN2O6S. The highest BCUT2D eigenvalue weighted by Crippen LogP contribution is 2.37. The standard InChI is InChI=1S/C23H21ClN2O6S/c1-30-16-8-10-17(11-9-16)33(28,29)26-14-22(32-21-6-4-3-5-19(21)26)23(27)25-18-13-15(24)7-12-20(18)31-2/h3-13,22H,14H2,1-2H3,(H,25,27)/t22-/m1/s1. The van der Waals surface area contributed by atoms with Gasteiger partial charge in [-0.1, -0.05) is 23.7 Å². The van der Waals surface area contributed by atoms with Crippen LogP contribution in [0.15, 0.2) is 71.6 Å². The van der Waals surface area contributed by atoms with Crippen molar-refractivity contribution in [3.05, 3.63) is 71.8 Å². The van der Waals surface area contributed by atoms with Gasteiger partial charge in [-0.25, -0.2) is 8.42 Å². The molecule has 1 aliphatic heterocycles. The lowest BCUT2D eigenvalue weighted by Gasteiger charge is -2.34. The van der Waals surface area contributed by atoms with E-state index in [0.717, 1.165) is 0 Å². The fraction of sp³-hybridized carbons (Fsp3) is 0.174. The van der Waals surface area contributed by atoms with Crippen LogP contribution in [0.25, 0.3) is 0 Å². The molecule has 0 unspecified atom stereocenters. The van der Waals surface area contributed by atoms with Crippen molar-refractivity contribution in [3.63, 3.8) is 0 Å². The Morgan fingerprint density at radius 3 is 2.48 bits per heavy atom. The molecule has 0 saturated carbocycles. The van der Waals surface area contributed by atoms with E-state index in [1.54, 1.807) is 54.6 Å². The zero-order chi connectivity index (χ0) is 23.6. The zero-order valence-corrected chi connectivity index (χ0v) is 19.4. The van der Waals surface area contributed by atoms with E-state index in [1.807, 2.05) is 0 Å². The number of amides is 1. The van der Waals surface area contributed by atoms with Crippen LogP contribution in [0.1, 0.15) is 0 Å². The lowest BCUT2D eigenvalue weighted by molar-refractivity contribution is -0.122. The summed E-state index contributed by atoms with van der Waals surface area (Å²) >= 11 is 6.05. The molecule has 0 bridgehead atoms. The highest BCUT2D eigenvalue weighted by atomic mass is 35.5. The second-order valence-electron chi connectivity index (χ2n) is 7.12. The molecule has 3 aromatic rings. The van der Waals surface area contributed by atoms with Crippen molar-refractivity contribution in [2.24, 2.45) is 0 Å². The monoisotopic (exact) mass is 488 g/mol. The highest BCUT2D eigenvalue weighted by Gasteiger charge is 2.37. The van der Waals surface area contributed by atoms with Crippen molar-refractivity contribution in [3.8, 4) is 17.2 Å². The number of nitrogens with one attached hydrogen (secondary N) is 1. The van der Waals surface area contributed by atoms with E-state index in [0.29, 0.717) is 27.9 Å². The molecule has 1 N–H and O–H groups in total. The summed E-state index contributed by atoms with van der Waals surface area (Å²) in [6.45, 7) is -0.222. The van der Waals surface area contributed by atoms with E-state index in [-0.39, 0.29) is 17.2 Å². The van der Waals surface area contributed by atoms with Gasteiger partial charge in [0.1, 0.15) is 17.2 Å². The number of nitrogens with zero attached hydrogens (tertiary/aromatic N) is 1. The van der Waals surface area contributed by atoms with Gasteiger partial charge in [-0.3, -0.25) is 9.10 Å². The number of para-hydroxylation sites is 2. The fourth-order valence-electron chi connectivity index (χ4n) is 3.43. The molecule has 1 aliphatic rings. The van der Waals surface area contributed by atoms with Gasteiger partial charge in [-0.2, -0.15) is 0 Å². The van der Waals surface area contributed by atoms with Crippen LogP contribution in [-0.2, 0) is 14.8 Å². The largest absolute Gasteiger partial charge is 0.497 e. The quantitative estimate of drug-likeness (QED) is 0.564. The number of hydrogen-bond donors (Lipinski definition) is 1. The molecule has 0 fully saturated rings. The highest BCUT2D eigenvalue weighted by molar-refractivity contribution is 7.92. The molecule has 10 heteroatoms. The third-order valence-electron chi connectivity index (χ3n) is 5.09. The zero-order valence-electron chi connectivity index (χ0n) is 17.8. The first-order valence-electron chi connectivity index (χ1n) is 9.90. The van der Waals surface area contributed by atoms with Gasteiger partial charge >= 0.3 is 0 Å². The number of benzene rings is 3. The molecule has 0 aromatic heterocycles. The van der Waals surface area contributed by atoms with Crippen molar-refractivity contribution in [1.82, 2.24) is 0 Å². The Morgan fingerprint density at radius 2 is 1.79 bits per heavy atom. The van der Waals surface area contributed by atoms with E-state index >= 15 is 0 Å². The minimum atomic E-state index is -3.99. The number of methoxy groups -OCH3 is 2. The predicted octanol–water partition coefficient (Wildman–Crippen LogP) is 3.95. The van der Waals surface area contributed by atoms with Crippen LogP contribution in [0.4, 0.5) is 11.4 Å². The molecule has 172 valence electrons. The summed E-state index contributed by atoms with van der Waals surface area (Å²) in [6.07, 6.45) is -1.11. The molecule has 0 radical (unpaired) electrons. The summed E-state index contributed by atoms with van der Waals surface area (Å²) in [4.78, 5) is 13.1. The summed E-state index contributed by atoms with van der Waals surface area (Å²) in [5, 5.41) is 3.13. The van der Waals surface area contributed by atoms with E-state index in [9.17, 15) is 13.2 Å². The Hall–Kier alpha value is -3.43. The number of ether oxygens (including phenoxy) is 3. The number of halogens is 1. The summed E-state index contributed by atoms with van der Waals surface area (Å²) in [5.41, 5.74) is 0.694. The van der Waals surface area contributed by atoms with Gasteiger partial charge < -0.3 is 19.5 Å². The van der Waals surface area contributed by atoms with Crippen LogP contribution in [0.5, 0.6) is 17.2 Å². The maximum absolute atomic E-state index is 13.5. The Morgan fingerprint density at radius 1 is 1.06 bits per heavy atom. The van der Waals surface area contributed by atoms with Gasteiger partial charge in [0.25, 0.3) is 15.9 Å². The number of hydrogen-bond acceptors (Lipinski definition) is 6. The maximum atomic E-state index is 13.5. The molecular weight excluding hydrogens is 468 g/mol. The second kappa shape index (κ2) is 9.21. The maximum Gasteiger partial charge on any atom is 0.267 e. The van der Waals surface area contributed by atoms with Gasteiger partial charge in [0.05, 0.1) is 37.0 Å². The normalized spacial score (nSPS) is 15.2. The van der Waals surface area contributed by atoms with E-state index < -0.39 is 22.0 Å². The topological polar surface area (TPSA) is 94.2 Å². The SMILES string of the molecule is COc1ccc(S(=O)(=O)N2C[C@H](C(=O)Nc3cc(Cl)ccc3OC)Oc3ccccc32)cc1. The molecule has 0 saturated heterocycles. The third kappa shape index (κ3) is 4.55. The number of anilines is 2. The van der Waals surface area contributed by atoms with Gasteiger partial charge in [-0.15, -0.1) is 0 Å². The number of carbonyl (C=O) groups is 1. The van der Waals surface area contributed by atoms with Crippen LogP contribution in [0, 0.1) is 0 Å². The van der Waals surface area contributed by atoms with Crippen molar-refractivity contribution >= 4 is 38.9 Å². The predicted molar refractivity (Wildman–Crippen MR) is 125 cm³/mol. The minimum absolute atomic E-state index is 0.0654. The first kappa shape index (κ1) is 22.8. The van der Waals surface area contributed by atoms with Gasteiger partial charge in [0.15, 0.2) is 6.10 Å². The Balaban J connectivity index is 1.66. The van der Waals surface area contributed by atoms with E-state index in [4.69, 9.17) is 25.8 Å². The molecule has 1 amide bonds. The van der Waals surface area contributed by atoms with Crippen LogP contribution in [0.3, 0.4) is 0 Å². The summed E-state index contributed by atoms with van der Waals surface area (Å²) < 4.78 is 44.4. The first-order valence-corrected chi connectivity index (χ1v) is 11.7. The number of fused-ring (bicyclic) bond motifs is 1. The number of sulfonamides is 1. The molecule has 33 heavy (non-hydrogen) atoms. The van der Waals surface area contributed by atoms with Gasteiger partial charge in [0.2, 0.25) is 0 Å². The number of carbonyl (C=O) groups excluding carboxylic acids is 1. The van der Waals surface area contributed by atoms with Crippen LogP contribution in [-0.4, -0.2) is 41.2 Å². The molecule has 4 rings (SSSR count). The van der Waals surface area contributed by atoms with Crippen LogP contribution >= 0.6 is 11.6 Å². The third-order valence-corrected chi connectivity index (χ3v) is 7.12. The average Bonchev–Trinajstić information content (AvgIpc) is 2.83. The van der Waals surface area contributed by atoms with Crippen molar-refractivity contribution < 1.29 is 27.4 Å².